The van der Waals surface area contributed by atoms with Gasteiger partial charge in [-0.1, -0.05) is 22.9 Å². The van der Waals surface area contributed by atoms with Gasteiger partial charge in [0.05, 0.1) is 15.5 Å². The lowest BCUT2D eigenvalue weighted by Crippen LogP contribution is -2.13. The molecule has 15 heteroatoms. The molecular formula is C11H5ClF3N7O2S2. The van der Waals surface area contributed by atoms with Crippen molar-refractivity contribution in [2.45, 2.75) is 16.2 Å². The van der Waals surface area contributed by atoms with Crippen molar-refractivity contribution in [2.75, 3.05) is 5.32 Å². The van der Waals surface area contributed by atoms with E-state index in [-0.39, 0.29) is 5.95 Å². The molecule has 0 radical (unpaired) electrons. The Morgan fingerprint density at radius 2 is 1.77 bits per heavy atom. The summed E-state index contributed by atoms with van der Waals surface area (Å²) in [6.45, 7) is 0. The standard InChI is InChI=1S/C11H5ClF3N7O2S2/c12-7-2-1-5(3-6(7)11(13,14)15)26(23,24)10-21-18-8(19-22-10)17-9-20-16-4-25-9/h1-4H,(H,17,18,19,20). The molecular weight excluding hydrogens is 419 g/mol. The maximum atomic E-state index is 12.9. The van der Waals surface area contributed by atoms with Crippen LogP contribution in [0.25, 0.3) is 0 Å². The lowest BCUT2D eigenvalue weighted by atomic mass is 10.2. The van der Waals surface area contributed by atoms with Crippen molar-refractivity contribution in [1.29, 1.82) is 0 Å². The molecule has 0 saturated carbocycles. The number of hydrogen-bond donors (Lipinski definition) is 1. The average Bonchev–Trinajstić information content (AvgIpc) is 3.07. The summed E-state index contributed by atoms with van der Waals surface area (Å²) in [6, 6.07) is 2.13. The van der Waals surface area contributed by atoms with Crippen LogP contribution in [0.4, 0.5) is 24.3 Å². The summed E-state index contributed by atoms with van der Waals surface area (Å²) in [5, 5.41) is 22.4. The number of hydrogen-bond acceptors (Lipinski definition) is 10. The number of sulfone groups is 1. The van der Waals surface area contributed by atoms with Gasteiger partial charge in [-0.15, -0.1) is 30.6 Å². The van der Waals surface area contributed by atoms with Gasteiger partial charge in [0.15, 0.2) is 0 Å². The molecule has 0 fully saturated rings. The molecule has 9 nitrogen and oxygen atoms in total. The van der Waals surface area contributed by atoms with Crippen LogP contribution in [0.1, 0.15) is 5.56 Å². The molecule has 0 amide bonds. The minimum atomic E-state index is -4.82. The Balaban J connectivity index is 1.93. The van der Waals surface area contributed by atoms with Crippen LogP contribution in [0.15, 0.2) is 33.8 Å². The Bertz CT molecular complexity index is 1030. The van der Waals surface area contributed by atoms with Crippen LogP contribution in [0.5, 0.6) is 0 Å². The zero-order chi connectivity index (χ0) is 18.9. The van der Waals surface area contributed by atoms with Gasteiger partial charge in [0.1, 0.15) is 5.51 Å². The largest absolute Gasteiger partial charge is 0.417 e. The van der Waals surface area contributed by atoms with Gasteiger partial charge in [0, 0.05) is 0 Å². The molecule has 0 saturated heterocycles. The van der Waals surface area contributed by atoms with E-state index in [1.165, 1.54) is 5.51 Å². The van der Waals surface area contributed by atoms with Crippen LogP contribution in [-0.2, 0) is 16.0 Å². The summed E-state index contributed by atoms with van der Waals surface area (Å²) in [6.07, 6.45) is -4.82. The molecule has 0 atom stereocenters. The second-order valence-electron chi connectivity index (χ2n) is 4.52. The number of nitrogens with one attached hydrogen (secondary N) is 1. The third-order valence-electron chi connectivity index (χ3n) is 2.83. The number of nitrogens with zero attached hydrogens (tertiary/aromatic N) is 6. The second kappa shape index (κ2) is 6.69. The average molecular weight is 424 g/mol. The van der Waals surface area contributed by atoms with Crippen molar-refractivity contribution in [3.63, 3.8) is 0 Å². The third-order valence-corrected chi connectivity index (χ3v) is 5.29. The molecule has 0 bridgehead atoms. The predicted octanol–water partition coefficient (Wildman–Crippen LogP) is 2.37. The highest BCUT2D eigenvalue weighted by Gasteiger charge is 2.35. The molecule has 3 aromatic rings. The molecule has 0 aliphatic carbocycles. The minimum absolute atomic E-state index is 0.159. The zero-order valence-corrected chi connectivity index (χ0v) is 14.5. The molecule has 1 aromatic carbocycles. The SMILES string of the molecule is O=S(=O)(c1ccc(Cl)c(C(F)(F)F)c1)c1nnc(Nc2nncs2)nn1. The maximum Gasteiger partial charge on any atom is 0.417 e. The Hall–Kier alpha value is -2.45. The quantitative estimate of drug-likeness (QED) is 0.673. The van der Waals surface area contributed by atoms with Gasteiger partial charge in [-0.2, -0.15) is 13.2 Å². The summed E-state index contributed by atoms with van der Waals surface area (Å²) in [4.78, 5) is -0.692. The van der Waals surface area contributed by atoms with Gasteiger partial charge >= 0.3 is 6.18 Å². The van der Waals surface area contributed by atoms with Gasteiger partial charge < -0.3 is 0 Å². The van der Waals surface area contributed by atoms with Crippen molar-refractivity contribution in [2.24, 2.45) is 0 Å². The van der Waals surface area contributed by atoms with E-state index in [9.17, 15) is 21.6 Å². The zero-order valence-electron chi connectivity index (χ0n) is 12.1. The predicted molar refractivity (Wildman–Crippen MR) is 82.7 cm³/mol. The first-order valence-corrected chi connectivity index (χ1v) is 9.14. The highest BCUT2D eigenvalue weighted by Crippen LogP contribution is 2.36. The van der Waals surface area contributed by atoms with Gasteiger partial charge in [0.2, 0.25) is 15.0 Å². The van der Waals surface area contributed by atoms with Crippen molar-refractivity contribution < 1.29 is 21.6 Å². The first kappa shape index (κ1) is 18.3. The molecule has 1 N–H and O–H groups in total. The Kier molecular flexibility index (Phi) is 4.72. The highest BCUT2D eigenvalue weighted by molar-refractivity contribution is 7.91. The lowest BCUT2D eigenvalue weighted by molar-refractivity contribution is -0.137. The van der Waals surface area contributed by atoms with Crippen LogP contribution in [0, 0.1) is 0 Å². The van der Waals surface area contributed by atoms with Crippen molar-refractivity contribution in [1.82, 2.24) is 30.6 Å². The summed E-state index contributed by atoms with van der Waals surface area (Å²) in [5.74, 6) is -0.159. The molecule has 0 unspecified atom stereocenters. The number of anilines is 2. The normalized spacial score (nSPS) is 12.2. The smallest absolute Gasteiger partial charge is 0.296 e. The fraction of sp³-hybridized carbons (Fsp3) is 0.0909. The summed E-state index contributed by atoms with van der Waals surface area (Å²) in [7, 11) is -4.48. The fourth-order valence-electron chi connectivity index (χ4n) is 1.70. The summed E-state index contributed by atoms with van der Waals surface area (Å²) >= 11 is 6.60. The Morgan fingerprint density at radius 1 is 1.08 bits per heavy atom. The third kappa shape index (κ3) is 3.71. The monoisotopic (exact) mass is 423 g/mol. The number of rotatable bonds is 4. The first-order chi connectivity index (χ1) is 12.2. The highest BCUT2D eigenvalue weighted by atomic mass is 35.5. The van der Waals surface area contributed by atoms with E-state index >= 15 is 0 Å². The van der Waals surface area contributed by atoms with Crippen LogP contribution in [0.3, 0.4) is 0 Å². The van der Waals surface area contributed by atoms with E-state index in [2.05, 4.69) is 35.9 Å². The van der Waals surface area contributed by atoms with E-state index in [0.29, 0.717) is 11.2 Å². The summed E-state index contributed by atoms with van der Waals surface area (Å²) in [5.41, 5.74) is 0.136. The van der Waals surface area contributed by atoms with Crippen LogP contribution >= 0.6 is 22.9 Å². The van der Waals surface area contributed by atoms with E-state index in [0.717, 1.165) is 23.5 Å². The summed E-state index contributed by atoms with van der Waals surface area (Å²) < 4.78 is 63.5. The number of halogens is 4. The molecule has 26 heavy (non-hydrogen) atoms. The van der Waals surface area contributed by atoms with Gasteiger partial charge in [0.25, 0.3) is 11.1 Å². The Morgan fingerprint density at radius 3 is 2.35 bits per heavy atom. The van der Waals surface area contributed by atoms with Crippen LogP contribution in [-0.4, -0.2) is 39.0 Å². The van der Waals surface area contributed by atoms with Crippen LogP contribution < -0.4 is 5.32 Å². The number of alkyl halides is 3. The van der Waals surface area contributed by atoms with E-state index in [1.807, 2.05) is 0 Å². The van der Waals surface area contributed by atoms with Gasteiger partial charge in [-0.25, -0.2) is 8.42 Å². The second-order valence-corrected chi connectivity index (χ2v) is 7.60. The van der Waals surface area contributed by atoms with Crippen molar-refractivity contribution >= 4 is 43.9 Å². The molecule has 0 aliphatic rings. The van der Waals surface area contributed by atoms with Crippen molar-refractivity contribution in [3.8, 4) is 0 Å². The molecule has 0 aliphatic heterocycles. The molecule has 2 aromatic heterocycles. The topological polar surface area (TPSA) is 124 Å². The fourth-order valence-corrected chi connectivity index (χ4v) is 3.39. The molecule has 136 valence electrons. The van der Waals surface area contributed by atoms with Gasteiger partial charge in [-0.3, -0.25) is 5.32 Å². The van der Waals surface area contributed by atoms with E-state index < -0.39 is 36.7 Å². The minimum Gasteiger partial charge on any atom is -0.296 e. The van der Waals surface area contributed by atoms with Crippen molar-refractivity contribution in [3.05, 3.63) is 34.3 Å². The van der Waals surface area contributed by atoms with Gasteiger partial charge in [-0.05, 0) is 18.2 Å². The lowest BCUT2D eigenvalue weighted by Gasteiger charge is -2.10. The number of aromatic nitrogens is 6. The maximum absolute atomic E-state index is 12.9. The van der Waals surface area contributed by atoms with E-state index in [1.54, 1.807) is 0 Å². The van der Waals surface area contributed by atoms with Crippen LogP contribution in [0.2, 0.25) is 5.02 Å². The molecule has 0 spiro atoms. The molecule has 3 rings (SSSR count). The first-order valence-electron chi connectivity index (χ1n) is 6.40. The molecule has 2 heterocycles. The van der Waals surface area contributed by atoms with E-state index in [4.69, 9.17) is 11.6 Å². The Labute approximate surface area is 152 Å². The number of benzene rings is 1.